The Hall–Kier alpha value is -1.59. The van der Waals surface area contributed by atoms with Crippen molar-refractivity contribution in [3.8, 4) is 0 Å². The molecule has 0 amide bonds. The Kier molecular flexibility index (Phi) is 36.1. The lowest BCUT2D eigenvalue weighted by Crippen LogP contribution is -2.18. The molecule has 0 spiro atoms. The Labute approximate surface area is 223 Å². The molecule has 0 bridgehead atoms. The van der Waals surface area contributed by atoms with Crippen molar-refractivity contribution in [3.63, 3.8) is 0 Å². The first-order valence-electron chi connectivity index (χ1n) is 14.8. The van der Waals surface area contributed by atoms with Gasteiger partial charge < -0.3 is 14.9 Å². The minimum absolute atomic E-state index is 0.0926. The fraction of sp³-hybridized carbons (Fsp3) is 0.900. The highest BCUT2D eigenvalue weighted by molar-refractivity contribution is 5.72. The van der Waals surface area contributed by atoms with Crippen molar-refractivity contribution in [2.24, 2.45) is 5.92 Å². The fourth-order valence-electron chi connectivity index (χ4n) is 3.90. The van der Waals surface area contributed by atoms with Crippen molar-refractivity contribution in [1.82, 2.24) is 0 Å². The van der Waals surface area contributed by atoms with E-state index in [2.05, 4.69) is 20.8 Å². The van der Waals surface area contributed by atoms with Gasteiger partial charge in [-0.05, 0) is 19.3 Å². The molecule has 0 saturated carbocycles. The number of carbonyl (C=O) groups is 3. The summed E-state index contributed by atoms with van der Waals surface area (Å²) in [5.41, 5.74) is 0. The molecule has 0 aromatic carbocycles. The third kappa shape index (κ3) is 42.6. The Morgan fingerprint density at radius 2 is 0.806 bits per heavy atom. The average molecular weight is 517 g/mol. The normalized spacial score (nSPS) is 10.9. The molecular weight excluding hydrogens is 456 g/mol. The first kappa shape index (κ1) is 38.9. The maximum Gasteiger partial charge on any atom is 0.308 e. The molecule has 216 valence electrons. The van der Waals surface area contributed by atoms with Crippen molar-refractivity contribution in [1.29, 1.82) is 0 Å². The van der Waals surface area contributed by atoms with Crippen molar-refractivity contribution in [2.45, 2.75) is 163 Å². The van der Waals surface area contributed by atoms with Crippen LogP contribution in [-0.4, -0.2) is 34.7 Å². The second-order valence-corrected chi connectivity index (χ2v) is 9.78. The van der Waals surface area contributed by atoms with E-state index in [9.17, 15) is 4.79 Å². The summed E-state index contributed by atoms with van der Waals surface area (Å²) in [6, 6.07) is 0. The predicted molar refractivity (Wildman–Crippen MR) is 150 cm³/mol. The third-order valence-electron chi connectivity index (χ3n) is 5.89. The molecule has 0 aliphatic heterocycles. The van der Waals surface area contributed by atoms with E-state index < -0.39 is 11.9 Å². The molecule has 1 unspecified atom stereocenters. The van der Waals surface area contributed by atoms with E-state index in [0.29, 0.717) is 6.61 Å². The van der Waals surface area contributed by atoms with Gasteiger partial charge in [-0.3, -0.25) is 14.4 Å². The largest absolute Gasteiger partial charge is 0.481 e. The molecule has 0 aliphatic carbocycles. The average Bonchev–Trinajstić information content (AvgIpc) is 2.80. The smallest absolute Gasteiger partial charge is 0.308 e. The molecule has 0 fully saturated rings. The van der Waals surface area contributed by atoms with Gasteiger partial charge in [-0.1, -0.05) is 130 Å². The first-order valence-corrected chi connectivity index (χ1v) is 14.8. The van der Waals surface area contributed by atoms with Crippen LogP contribution in [0.25, 0.3) is 0 Å². The first-order chi connectivity index (χ1) is 17.2. The standard InChI is InChI=1S/C26H52O2.2C2H4O2/c1-4-7-10-13-15-18-21-24-28-26(27)25(22-19-16-12-9-6-3)23-20-17-14-11-8-5-2;2*1-2(3)4/h25H,4-24H2,1-3H3;2*1H3,(H,3,4). The summed E-state index contributed by atoms with van der Waals surface area (Å²) < 4.78 is 5.67. The van der Waals surface area contributed by atoms with Gasteiger partial charge in [-0.25, -0.2) is 0 Å². The highest BCUT2D eigenvalue weighted by Gasteiger charge is 2.19. The second kappa shape index (κ2) is 33.4. The van der Waals surface area contributed by atoms with Gasteiger partial charge in [0.1, 0.15) is 0 Å². The van der Waals surface area contributed by atoms with Gasteiger partial charge in [-0.2, -0.15) is 0 Å². The van der Waals surface area contributed by atoms with Gasteiger partial charge in [0, 0.05) is 13.8 Å². The van der Waals surface area contributed by atoms with Gasteiger partial charge in [0.2, 0.25) is 0 Å². The van der Waals surface area contributed by atoms with Gasteiger partial charge in [0.15, 0.2) is 0 Å². The molecule has 2 N–H and O–H groups in total. The van der Waals surface area contributed by atoms with Crippen molar-refractivity contribution < 1.29 is 29.3 Å². The van der Waals surface area contributed by atoms with Crippen LogP contribution in [0, 0.1) is 5.92 Å². The maximum atomic E-state index is 12.6. The Morgan fingerprint density at radius 1 is 0.528 bits per heavy atom. The lowest BCUT2D eigenvalue weighted by molar-refractivity contribution is -0.149. The van der Waals surface area contributed by atoms with Crippen molar-refractivity contribution in [2.75, 3.05) is 6.61 Å². The molecule has 0 heterocycles. The number of esters is 1. The maximum absolute atomic E-state index is 12.6. The molecule has 0 aliphatic rings. The highest BCUT2D eigenvalue weighted by Crippen LogP contribution is 2.21. The zero-order chi connectivity index (χ0) is 27.9. The molecule has 0 rings (SSSR count). The van der Waals surface area contributed by atoms with Crippen LogP contribution in [0.2, 0.25) is 0 Å². The Morgan fingerprint density at radius 3 is 1.14 bits per heavy atom. The van der Waals surface area contributed by atoms with Crippen LogP contribution >= 0.6 is 0 Å². The fourth-order valence-corrected chi connectivity index (χ4v) is 3.90. The highest BCUT2D eigenvalue weighted by atomic mass is 16.5. The van der Waals surface area contributed by atoms with Crippen molar-refractivity contribution in [3.05, 3.63) is 0 Å². The van der Waals surface area contributed by atoms with Crippen LogP contribution < -0.4 is 0 Å². The lowest BCUT2D eigenvalue weighted by Gasteiger charge is -2.16. The number of aliphatic carboxylic acids is 2. The van der Waals surface area contributed by atoms with Crippen LogP contribution in [0.4, 0.5) is 0 Å². The van der Waals surface area contributed by atoms with E-state index in [-0.39, 0.29) is 11.9 Å². The predicted octanol–water partition coefficient (Wildman–Crippen LogP) is 9.19. The summed E-state index contributed by atoms with van der Waals surface area (Å²) >= 11 is 0. The van der Waals surface area contributed by atoms with E-state index >= 15 is 0 Å². The number of hydrogen-bond acceptors (Lipinski definition) is 4. The number of rotatable bonds is 22. The lowest BCUT2D eigenvalue weighted by atomic mass is 9.94. The van der Waals surface area contributed by atoms with Gasteiger partial charge >= 0.3 is 5.97 Å². The summed E-state index contributed by atoms with van der Waals surface area (Å²) in [5, 5.41) is 14.8. The van der Waals surface area contributed by atoms with Gasteiger partial charge in [0.05, 0.1) is 12.5 Å². The summed E-state index contributed by atoms with van der Waals surface area (Å²) in [6.07, 6.45) is 25.1. The number of ether oxygens (including phenoxy) is 1. The zero-order valence-corrected chi connectivity index (χ0v) is 24.5. The number of carboxylic acid groups (broad SMARTS) is 2. The SMILES string of the molecule is CC(=O)O.CC(=O)O.CCCCCCCCCOC(=O)C(CCCCCCC)CCCCCCCC. The van der Waals surface area contributed by atoms with Crippen LogP contribution in [0.3, 0.4) is 0 Å². The number of hydrogen-bond donors (Lipinski definition) is 2. The van der Waals surface area contributed by atoms with Gasteiger partial charge in [-0.15, -0.1) is 0 Å². The van der Waals surface area contributed by atoms with E-state index in [4.69, 9.17) is 24.5 Å². The van der Waals surface area contributed by atoms with Gasteiger partial charge in [0.25, 0.3) is 11.9 Å². The van der Waals surface area contributed by atoms with Crippen molar-refractivity contribution >= 4 is 17.9 Å². The molecule has 6 nitrogen and oxygen atoms in total. The quantitative estimate of drug-likeness (QED) is 0.110. The molecule has 0 aromatic heterocycles. The Bertz CT molecular complexity index is 458. The van der Waals surface area contributed by atoms with Crippen LogP contribution in [0.5, 0.6) is 0 Å². The Balaban J connectivity index is -0.00000118. The van der Waals surface area contributed by atoms with Crippen LogP contribution in [0.15, 0.2) is 0 Å². The summed E-state index contributed by atoms with van der Waals surface area (Å²) in [4.78, 5) is 30.6. The summed E-state index contributed by atoms with van der Waals surface area (Å²) in [6.45, 7) is 9.57. The topological polar surface area (TPSA) is 101 Å². The number of unbranched alkanes of at least 4 members (excludes halogenated alkanes) is 15. The van der Waals surface area contributed by atoms with E-state index in [1.807, 2.05) is 0 Å². The second-order valence-electron chi connectivity index (χ2n) is 9.78. The minimum Gasteiger partial charge on any atom is -0.481 e. The van der Waals surface area contributed by atoms with Crippen LogP contribution in [-0.2, 0) is 19.1 Å². The molecular formula is C30H60O6. The molecule has 36 heavy (non-hydrogen) atoms. The van der Waals surface area contributed by atoms with Crippen LogP contribution in [0.1, 0.15) is 163 Å². The molecule has 0 radical (unpaired) electrons. The van der Waals surface area contributed by atoms with E-state index in [1.54, 1.807) is 0 Å². The zero-order valence-electron chi connectivity index (χ0n) is 24.5. The number of carboxylic acids is 2. The van der Waals surface area contributed by atoms with E-state index in [1.165, 1.54) is 109 Å². The summed E-state index contributed by atoms with van der Waals surface area (Å²) in [7, 11) is 0. The monoisotopic (exact) mass is 516 g/mol. The molecule has 0 saturated heterocycles. The van der Waals surface area contributed by atoms with E-state index in [0.717, 1.165) is 33.1 Å². The molecule has 6 heteroatoms. The molecule has 1 atom stereocenters. The summed E-state index contributed by atoms with van der Waals surface area (Å²) in [5.74, 6) is -1.42. The third-order valence-corrected chi connectivity index (χ3v) is 5.89. The minimum atomic E-state index is -0.833. The molecule has 0 aromatic rings. The number of carbonyl (C=O) groups excluding carboxylic acids is 1.